The van der Waals surface area contributed by atoms with Crippen molar-refractivity contribution in [2.45, 2.75) is 23.8 Å². The highest BCUT2D eigenvalue weighted by molar-refractivity contribution is 7.89. The van der Waals surface area contributed by atoms with Crippen molar-refractivity contribution in [3.63, 3.8) is 0 Å². The van der Waals surface area contributed by atoms with Crippen molar-refractivity contribution in [1.82, 2.24) is 14.6 Å². The number of aromatic nitrogens is 1. The minimum absolute atomic E-state index is 0.0177. The van der Waals surface area contributed by atoms with Gasteiger partial charge in [-0.25, -0.2) is 13.1 Å². The molecule has 0 bridgehead atoms. The van der Waals surface area contributed by atoms with Crippen LogP contribution in [0.25, 0.3) is 10.9 Å². The summed E-state index contributed by atoms with van der Waals surface area (Å²) in [5, 5.41) is 1.04. The number of amides is 1. The number of halogens is 2. The first-order valence-corrected chi connectivity index (χ1v) is 12.3. The fourth-order valence-corrected chi connectivity index (χ4v) is 5.84. The highest BCUT2D eigenvalue weighted by Gasteiger charge is 2.28. The number of nitrogens with zero attached hydrogens (tertiary/aromatic N) is 2. The lowest BCUT2D eigenvalue weighted by Crippen LogP contribution is -2.34. The molecule has 1 aliphatic heterocycles. The van der Waals surface area contributed by atoms with Gasteiger partial charge in [0, 0.05) is 37.5 Å². The summed E-state index contributed by atoms with van der Waals surface area (Å²) in [5.41, 5.74) is 0.785. The predicted molar refractivity (Wildman–Crippen MR) is 124 cm³/mol. The highest BCUT2D eigenvalue weighted by atomic mass is 35.5. The highest BCUT2D eigenvalue weighted by Crippen LogP contribution is 2.29. The van der Waals surface area contributed by atoms with Gasteiger partial charge in [-0.3, -0.25) is 9.78 Å². The number of para-hydroxylation sites is 1. The molecule has 1 amide bonds. The van der Waals surface area contributed by atoms with E-state index in [0.29, 0.717) is 25.3 Å². The van der Waals surface area contributed by atoms with E-state index in [1.54, 1.807) is 17.2 Å². The van der Waals surface area contributed by atoms with Gasteiger partial charge in [-0.2, -0.15) is 0 Å². The van der Waals surface area contributed by atoms with Gasteiger partial charge in [-0.05, 0) is 24.3 Å². The van der Waals surface area contributed by atoms with Crippen LogP contribution in [0, 0.1) is 0 Å². The van der Waals surface area contributed by atoms with E-state index in [1.165, 1.54) is 12.1 Å². The molecule has 2 aromatic carbocycles. The van der Waals surface area contributed by atoms with E-state index >= 15 is 0 Å². The number of carbonyl (C=O) groups excluding carboxylic acids is 1. The van der Waals surface area contributed by atoms with Crippen molar-refractivity contribution in [3.05, 3.63) is 64.8 Å². The molecule has 1 aliphatic rings. The lowest BCUT2D eigenvalue weighted by atomic mass is 10.2. The minimum Gasteiger partial charge on any atom is -0.486 e. The van der Waals surface area contributed by atoms with Gasteiger partial charge in [0.25, 0.3) is 0 Å². The maximum absolute atomic E-state index is 12.6. The predicted octanol–water partition coefficient (Wildman–Crippen LogP) is 3.89. The number of pyridine rings is 1. The molecular formula is C22H21Cl2N3O4S. The SMILES string of the molecule is O=C(CCNS(=O)(=O)c1c(Cl)cccc1Cl)N1CCC(Oc2cccc3cccnc23)C1. The smallest absolute Gasteiger partial charge is 0.243 e. The van der Waals surface area contributed by atoms with Gasteiger partial charge in [-0.15, -0.1) is 0 Å². The summed E-state index contributed by atoms with van der Waals surface area (Å²) in [6.45, 7) is 0.925. The van der Waals surface area contributed by atoms with E-state index in [9.17, 15) is 13.2 Å². The Morgan fingerprint density at radius 2 is 1.84 bits per heavy atom. The molecule has 0 radical (unpaired) electrons. The van der Waals surface area contributed by atoms with Crippen molar-refractivity contribution in [2.75, 3.05) is 19.6 Å². The van der Waals surface area contributed by atoms with Crippen molar-refractivity contribution in [1.29, 1.82) is 0 Å². The Morgan fingerprint density at radius 3 is 2.62 bits per heavy atom. The molecule has 0 saturated carbocycles. The number of benzene rings is 2. The van der Waals surface area contributed by atoms with Crippen molar-refractivity contribution in [3.8, 4) is 5.75 Å². The van der Waals surface area contributed by atoms with Gasteiger partial charge in [-0.1, -0.05) is 47.5 Å². The fraction of sp³-hybridized carbons (Fsp3) is 0.273. The number of carbonyl (C=O) groups is 1. The van der Waals surface area contributed by atoms with Crippen LogP contribution < -0.4 is 9.46 Å². The molecular weight excluding hydrogens is 473 g/mol. The fourth-order valence-electron chi connectivity index (χ4n) is 3.66. The lowest BCUT2D eigenvalue weighted by Gasteiger charge is -2.18. The number of hydrogen-bond acceptors (Lipinski definition) is 5. The summed E-state index contributed by atoms with van der Waals surface area (Å²) in [6.07, 6.45) is 2.28. The number of rotatable bonds is 7. The number of likely N-dealkylation sites (tertiary alicyclic amines) is 1. The third kappa shape index (κ3) is 4.99. The molecule has 1 saturated heterocycles. The molecule has 32 heavy (non-hydrogen) atoms. The Labute approximate surface area is 196 Å². The zero-order valence-corrected chi connectivity index (χ0v) is 19.3. The van der Waals surface area contributed by atoms with Gasteiger partial charge in [0.2, 0.25) is 15.9 Å². The van der Waals surface area contributed by atoms with Crippen LogP contribution in [0.15, 0.2) is 59.6 Å². The second-order valence-corrected chi connectivity index (χ2v) is 9.92. The molecule has 10 heteroatoms. The second kappa shape index (κ2) is 9.62. The molecule has 2 heterocycles. The molecule has 168 valence electrons. The maximum atomic E-state index is 12.6. The van der Waals surface area contributed by atoms with E-state index in [0.717, 1.165) is 10.9 Å². The van der Waals surface area contributed by atoms with Crippen molar-refractivity contribution in [2.24, 2.45) is 0 Å². The maximum Gasteiger partial charge on any atom is 0.243 e. The third-order valence-electron chi connectivity index (χ3n) is 5.21. The van der Waals surface area contributed by atoms with E-state index in [4.69, 9.17) is 27.9 Å². The summed E-state index contributed by atoms with van der Waals surface area (Å²) in [5.74, 6) is 0.534. The molecule has 3 aromatic rings. The van der Waals surface area contributed by atoms with Crippen LogP contribution in [-0.2, 0) is 14.8 Å². The molecule has 1 unspecified atom stereocenters. The van der Waals surface area contributed by atoms with Gasteiger partial charge in [0.05, 0.1) is 16.6 Å². The van der Waals surface area contributed by atoms with Gasteiger partial charge in [0.1, 0.15) is 22.3 Å². The third-order valence-corrected chi connectivity index (χ3v) is 7.62. The normalized spacial score (nSPS) is 16.4. The first-order chi connectivity index (χ1) is 15.3. The number of ether oxygens (including phenoxy) is 1. The Bertz CT molecular complexity index is 1230. The van der Waals surface area contributed by atoms with Crippen molar-refractivity contribution >= 4 is 50.0 Å². The molecule has 1 aromatic heterocycles. The van der Waals surface area contributed by atoms with Gasteiger partial charge < -0.3 is 9.64 Å². The second-order valence-electron chi connectivity index (χ2n) is 7.40. The standard InChI is InChI=1S/C22H21Cl2N3O4S/c23-17-6-2-7-18(24)22(17)32(29,30)26-12-9-20(28)27-13-10-16(14-27)31-19-8-1-4-15-5-3-11-25-21(15)19/h1-8,11,16,26H,9-10,12-14H2. The molecule has 7 nitrogen and oxygen atoms in total. The summed E-state index contributed by atoms with van der Waals surface area (Å²) in [6, 6.07) is 14.0. The van der Waals surface area contributed by atoms with E-state index < -0.39 is 10.0 Å². The van der Waals surface area contributed by atoms with Crippen LogP contribution in [0.3, 0.4) is 0 Å². The minimum atomic E-state index is -3.93. The Balaban J connectivity index is 1.31. The molecule has 1 N–H and O–H groups in total. The summed E-state index contributed by atoms with van der Waals surface area (Å²) in [4.78, 5) is 18.5. The molecule has 1 fully saturated rings. The first-order valence-electron chi connectivity index (χ1n) is 10.1. The van der Waals surface area contributed by atoms with E-state index in [-0.39, 0.29) is 39.9 Å². The summed E-state index contributed by atoms with van der Waals surface area (Å²) >= 11 is 12.0. The van der Waals surface area contributed by atoms with Crippen molar-refractivity contribution < 1.29 is 17.9 Å². The molecule has 4 rings (SSSR count). The monoisotopic (exact) mass is 493 g/mol. The zero-order chi connectivity index (χ0) is 22.7. The van der Waals surface area contributed by atoms with Crippen LogP contribution >= 0.6 is 23.2 Å². The number of nitrogens with one attached hydrogen (secondary N) is 1. The molecule has 1 atom stereocenters. The van der Waals surface area contributed by atoms with Crippen LogP contribution in [0.5, 0.6) is 5.75 Å². The summed E-state index contributed by atoms with van der Waals surface area (Å²) < 4.78 is 33.5. The lowest BCUT2D eigenvalue weighted by molar-refractivity contribution is -0.130. The quantitative estimate of drug-likeness (QED) is 0.539. The Hall–Kier alpha value is -2.39. The topological polar surface area (TPSA) is 88.6 Å². The van der Waals surface area contributed by atoms with Crippen LogP contribution in [0.4, 0.5) is 0 Å². The summed E-state index contributed by atoms with van der Waals surface area (Å²) in [7, 11) is -3.93. The number of sulfonamides is 1. The molecule has 0 aliphatic carbocycles. The number of hydrogen-bond donors (Lipinski definition) is 1. The van der Waals surface area contributed by atoms with E-state index in [2.05, 4.69) is 9.71 Å². The van der Waals surface area contributed by atoms with Gasteiger partial charge >= 0.3 is 0 Å². The largest absolute Gasteiger partial charge is 0.486 e. The number of fused-ring (bicyclic) bond motifs is 1. The van der Waals surface area contributed by atoms with Gasteiger partial charge in [0.15, 0.2) is 0 Å². The Morgan fingerprint density at radius 1 is 1.12 bits per heavy atom. The van der Waals surface area contributed by atoms with Crippen LogP contribution in [-0.4, -0.2) is 49.9 Å². The average molecular weight is 494 g/mol. The zero-order valence-electron chi connectivity index (χ0n) is 17.0. The van der Waals surface area contributed by atoms with E-state index in [1.807, 2.05) is 30.3 Å². The molecule has 0 spiro atoms. The average Bonchev–Trinajstić information content (AvgIpc) is 3.22. The first kappa shape index (κ1) is 22.8. The van der Waals surface area contributed by atoms with Crippen LogP contribution in [0.1, 0.15) is 12.8 Å². The Kier molecular flexibility index (Phi) is 6.85. The van der Waals surface area contributed by atoms with Crippen LogP contribution in [0.2, 0.25) is 10.0 Å².